The smallest absolute Gasteiger partial charge is 0.224 e. The minimum atomic E-state index is 0.162. The Morgan fingerprint density at radius 3 is 3.17 bits per heavy atom. The average Bonchev–Trinajstić information content (AvgIpc) is 2.87. The van der Waals surface area contributed by atoms with E-state index in [1.165, 1.54) is 0 Å². The molecule has 1 aromatic heterocycles. The molecule has 100 valence electrons. The van der Waals surface area contributed by atoms with Crippen LogP contribution in [0.5, 0.6) is 0 Å². The maximum absolute atomic E-state index is 11.9. The van der Waals surface area contributed by atoms with Crippen LogP contribution >= 0.6 is 0 Å². The first-order chi connectivity index (χ1) is 8.75. The van der Waals surface area contributed by atoms with Crippen molar-refractivity contribution < 1.29 is 4.79 Å². The summed E-state index contributed by atoms with van der Waals surface area (Å²) in [5.74, 6) is 0.357. The van der Waals surface area contributed by atoms with Gasteiger partial charge >= 0.3 is 0 Å². The Kier molecular flexibility index (Phi) is 4.69. The van der Waals surface area contributed by atoms with E-state index >= 15 is 0 Å². The number of likely N-dealkylation sites (tertiary alicyclic amines) is 1. The Morgan fingerprint density at radius 1 is 1.56 bits per heavy atom. The van der Waals surface area contributed by atoms with Crippen molar-refractivity contribution in [1.82, 2.24) is 25.2 Å². The van der Waals surface area contributed by atoms with Crippen molar-refractivity contribution >= 4 is 5.91 Å². The molecule has 1 aliphatic rings. The van der Waals surface area contributed by atoms with E-state index in [4.69, 9.17) is 0 Å². The maximum Gasteiger partial charge on any atom is 0.224 e. The van der Waals surface area contributed by atoms with E-state index < -0.39 is 0 Å². The Labute approximate surface area is 107 Å². The van der Waals surface area contributed by atoms with Crippen LogP contribution in [0.25, 0.3) is 0 Å². The van der Waals surface area contributed by atoms with Gasteiger partial charge in [0, 0.05) is 25.8 Å². The lowest BCUT2D eigenvalue weighted by molar-refractivity contribution is -0.126. The zero-order chi connectivity index (χ0) is 12.8. The van der Waals surface area contributed by atoms with Gasteiger partial charge in [0.2, 0.25) is 5.91 Å². The fourth-order valence-corrected chi connectivity index (χ4v) is 2.33. The van der Waals surface area contributed by atoms with Crippen LogP contribution in [-0.4, -0.2) is 52.5 Å². The number of aryl methyl sites for hydroxylation is 1. The topological polar surface area (TPSA) is 63.1 Å². The molecule has 2 rings (SSSR count). The van der Waals surface area contributed by atoms with E-state index in [1.54, 1.807) is 10.9 Å². The summed E-state index contributed by atoms with van der Waals surface area (Å²) in [6.45, 7) is 3.49. The first kappa shape index (κ1) is 13.0. The largest absolute Gasteiger partial charge is 0.356 e. The van der Waals surface area contributed by atoms with Gasteiger partial charge in [0.25, 0.3) is 0 Å². The number of nitrogens with zero attached hydrogens (tertiary/aromatic N) is 4. The van der Waals surface area contributed by atoms with Crippen molar-refractivity contribution in [3.63, 3.8) is 0 Å². The van der Waals surface area contributed by atoms with Gasteiger partial charge in [-0.05, 0) is 32.9 Å². The number of nitrogens with one attached hydrogen (secondary N) is 1. The lowest BCUT2D eigenvalue weighted by Crippen LogP contribution is -2.41. The van der Waals surface area contributed by atoms with E-state index in [9.17, 15) is 4.79 Å². The fourth-order valence-electron chi connectivity index (χ4n) is 2.33. The number of carbonyl (C=O) groups excluding carboxylic acids is 1. The highest BCUT2D eigenvalue weighted by Crippen LogP contribution is 2.14. The molecule has 0 saturated carbocycles. The van der Waals surface area contributed by atoms with Gasteiger partial charge in [-0.25, -0.2) is 0 Å². The van der Waals surface area contributed by atoms with Crippen molar-refractivity contribution in [2.75, 3.05) is 26.7 Å². The molecule has 1 amide bonds. The van der Waals surface area contributed by atoms with E-state index in [-0.39, 0.29) is 11.8 Å². The molecule has 1 aromatic rings. The maximum atomic E-state index is 11.9. The molecule has 1 aliphatic heterocycles. The Bertz CT molecular complexity index is 365. The summed E-state index contributed by atoms with van der Waals surface area (Å²) in [6, 6.07) is 0. The molecule has 2 heterocycles. The first-order valence-electron chi connectivity index (χ1n) is 6.56. The van der Waals surface area contributed by atoms with Gasteiger partial charge in [-0.15, -0.1) is 5.10 Å². The molecule has 0 unspecified atom stereocenters. The third-order valence-electron chi connectivity index (χ3n) is 3.33. The SMILES string of the molecule is CN1CCC[C@@H](C(=O)NCCCn2ccnn2)C1. The number of amides is 1. The highest BCUT2D eigenvalue weighted by Gasteiger charge is 2.23. The zero-order valence-electron chi connectivity index (χ0n) is 10.9. The van der Waals surface area contributed by atoms with Gasteiger partial charge in [-0.3, -0.25) is 9.48 Å². The summed E-state index contributed by atoms with van der Waals surface area (Å²) in [6.07, 6.45) is 6.51. The second-order valence-electron chi connectivity index (χ2n) is 4.91. The molecule has 0 aromatic carbocycles. The normalized spacial score (nSPS) is 20.8. The molecule has 0 spiro atoms. The van der Waals surface area contributed by atoms with Crippen LogP contribution in [0.3, 0.4) is 0 Å². The summed E-state index contributed by atoms with van der Waals surface area (Å²) in [7, 11) is 2.07. The third kappa shape index (κ3) is 3.80. The molecule has 1 atom stereocenters. The van der Waals surface area contributed by atoms with E-state index in [0.717, 1.165) is 38.9 Å². The molecular weight excluding hydrogens is 230 g/mol. The van der Waals surface area contributed by atoms with E-state index in [2.05, 4.69) is 27.6 Å². The molecule has 0 radical (unpaired) electrons. The number of carbonyl (C=O) groups is 1. The number of hydrogen-bond acceptors (Lipinski definition) is 4. The second kappa shape index (κ2) is 6.49. The third-order valence-corrected chi connectivity index (χ3v) is 3.33. The summed E-state index contributed by atoms with van der Waals surface area (Å²) in [4.78, 5) is 14.2. The van der Waals surface area contributed by atoms with Crippen molar-refractivity contribution in [3.8, 4) is 0 Å². The predicted octanol–water partition coefficient (Wildman–Crippen LogP) is 0.126. The monoisotopic (exact) mass is 251 g/mol. The number of hydrogen-bond donors (Lipinski definition) is 1. The van der Waals surface area contributed by atoms with Crippen LogP contribution in [0.2, 0.25) is 0 Å². The van der Waals surface area contributed by atoms with Gasteiger partial charge in [0.15, 0.2) is 0 Å². The van der Waals surface area contributed by atoms with Gasteiger partial charge < -0.3 is 10.2 Å². The van der Waals surface area contributed by atoms with Crippen LogP contribution in [0.15, 0.2) is 12.4 Å². The lowest BCUT2D eigenvalue weighted by atomic mass is 9.97. The Balaban J connectivity index is 1.62. The molecular formula is C12H21N5O. The molecule has 1 N–H and O–H groups in total. The van der Waals surface area contributed by atoms with Crippen LogP contribution in [-0.2, 0) is 11.3 Å². The van der Waals surface area contributed by atoms with Crippen LogP contribution < -0.4 is 5.32 Å². The molecule has 1 fully saturated rings. The highest BCUT2D eigenvalue weighted by atomic mass is 16.1. The molecule has 6 nitrogen and oxygen atoms in total. The van der Waals surface area contributed by atoms with E-state index in [1.807, 2.05) is 6.20 Å². The van der Waals surface area contributed by atoms with Gasteiger partial charge in [-0.1, -0.05) is 5.21 Å². The molecule has 18 heavy (non-hydrogen) atoms. The minimum Gasteiger partial charge on any atom is -0.356 e. The van der Waals surface area contributed by atoms with Crippen molar-refractivity contribution in [3.05, 3.63) is 12.4 Å². The van der Waals surface area contributed by atoms with E-state index in [0.29, 0.717) is 6.54 Å². The quantitative estimate of drug-likeness (QED) is 0.755. The van der Waals surface area contributed by atoms with Crippen molar-refractivity contribution in [2.24, 2.45) is 5.92 Å². The van der Waals surface area contributed by atoms with Crippen LogP contribution in [0.4, 0.5) is 0 Å². The Morgan fingerprint density at radius 2 is 2.44 bits per heavy atom. The standard InChI is InChI=1S/C12H21N5O/c1-16-7-2-4-11(10-16)12(18)13-5-3-8-17-9-6-14-15-17/h6,9,11H,2-5,7-8,10H2,1H3,(H,13,18)/t11-/m1/s1. The number of aromatic nitrogens is 3. The van der Waals surface area contributed by atoms with Gasteiger partial charge in [0.1, 0.15) is 0 Å². The predicted molar refractivity (Wildman–Crippen MR) is 67.9 cm³/mol. The summed E-state index contributed by atoms with van der Waals surface area (Å²) in [5, 5.41) is 10.6. The fraction of sp³-hybridized carbons (Fsp3) is 0.750. The van der Waals surface area contributed by atoms with Crippen LogP contribution in [0, 0.1) is 5.92 Å². The minimum absolute atomic E-state index is 0.162. The zero-order valence-corrected chi connectivity index (χ0v) is 10.9. The van der Waals surface area contributed by atoms with Gasteiger partial charge in [-0.2, -0.15) is 0 Å². The second-order valence-corrected chi connectivity index (χ2v) is 4.91. The van der Waals surface area contributed by atoms with Crippen LogP contribution in [0.1, 0.15) is 19.3 Å². The molecule has 0 aliphatic carbocycles. The summed E-state index contributed by atoms with van der Waals surface area (Å²) >= 11 is 0. The Hall–Kier alpha value is -1.43. The number of rotatable bonds is 5. The molecule has 1 saturated heterocycles. The first-order valence-corrected chi connectivity index (χ1v) is 6.56. The lowest BCUT2D eigenvalue weighted by Gasteiger charge is -2.28. The van der Waals surface area contributed by atoms with Gasteiger partial charge in [0.05, 0.1) is 12.1 Å². The highest BCUT2D eigenvalue weighted by molar-refractivity contribution is 5.78. The number of piperidine rings is 1. The summed E-state index contributed by atoms with van der Waals surface area (Å²) < 4.78 is 1.78. The molecule has 0 bridgehead atoms. The van der Waals surface area contributed by atoms with Crippen molar-refractivity contribution in [2.45, 2.75) is 25.8 Å². The summed E-state index contributed by atoms with van der Waals surface area (Å²) in [5.41, 5.74) is 0. The average molecular weight is 251 g/mol. The van der Waals surface area contributed by atoms with Crippen molar-refractivity contribution in [1.29, 1.82) is 0 Å². The molecule has 6 heteroatoms.